The van der Waals surface area contributed by atoms with Gasteiger partial charge in [0.05, 0.1) is 19.4 Å². The molecule has 3 rings (SSSR count). The smallest absolute Gasteiger partial charge is 0.355 e. The first-order valence-electron chi connectivity index (χ1n) is 7.11. The molecule has 1 fully saturated rings. The summed E-state index contributed by atoms with van der Waals surface area (Å²) in [5, 5.41) is 3.80. The average Bonchev–Trinajstić information content (AvgIpc) is 3.09. The molecule has 1 aromatic rings. The molecular weight excluding hydrogens is 302 g/mol. The largest absolute Gasteiger partial charge is 0.495 e. The molecule has 0 spiro atoms. The van der Waals surface area contributed by atoms with Crippen molar-refractivity contribution in [2.45, 2.75) is 13.0 Å². The predicted octanol–water partition coefficient (Wildman–Crippen LogP) is 0.0755. The highest BCUT2D eigenvalue weighted by atomic mass is 16.5. The van der Waals surface area contributed by atoms with E-state index in [1.807, 2.05) is 0 Å². The van der Waals surface area contributed by atoms with Gasteiger partial charge in [-0.1, -0.05) is 12.1 Å². The van der Waals surface area contributed by atoms with Crippen LogP contribution in [-0.2, 0) is 19.1 Å². The molecule has 0 radical (unpaired) electrons. The van der Waals surface area contributed by atoms with Crippen molar-refractivity contribution in [1.82, 2.24) is 5.43 Å². The van der Waals surface area contributed by atoms with Gasteiger partial charge < -0.3 is 9.47 Å². The molecule has 8 nitrogen and oxygen atoms in total. The molecule has 2 aliphatic heterocycles. The quantitative estimate of drug-likeness (QED) is 0.624. The van der Waals surface area contributed by atoms with Gasteiger partial charge in [-0.25, -0.2) is 9.69 Å². The zero-order valence-electron chi connectivity index (χ0n) is 12.6. The summed E-state index contributed by atoms with van der Waals surface area (Å²) in [4.78, 5) is 38.2. The van der Waals surface area contributed by atoms with Gasteiger partial charge in [-0.3, -0.25) is 15.0 Å². The lowest BCUT2D eigenvalue weighted by Crippen LogP contribution is -2.36. The van der Waals surface area contributed by atoms with Crippen LogP contribution < -0.4 is 15.1 Å². The Morgan fingerprint density at radius 3 is 2.74 bits per heavy atom. The third-order valence-corrected chi connectivity index (χ3v) is 3.74. The van der Waals surface area contributed by atoms with Crippen molar-refractivity contribution in [3.8, 4) is 5.75 Å². The number of nitrogens with one attached hydrogen (secondary N) is 1. The number of carbonyl (C=O) groups is 3. The number of imide groups is 1. The zero-order valence-corrected chi connectivity index (χ0v) is 12.6. The first kappa shape index (κ1) is 15.0. The first-order chi connectivity index (χ1) is 11.1. The Morgan fingerprint density at radius 1 is 1.30 bits per heavy atom. The second-order valence-corrected chi connectivity index (χ2v) is 4.99. The van der Waals surface area contributed by atoms with Gasteiger partial charge in [0.1, 0.15) is 17.7 Å². The third-order valence-electron chi connectivity index (χ3n) is 3.74. The van der Waals surface area contributed by atoms with Crippen molar-refractivity contribution in [3.05, 3.63) is 24.3 Å². The lowest BCUT2D eigenvalue weighted by molar-refractivity contribution is -0.136. The summed E-state index contributed by atoms with van der Waals surface area (Å²) in [6, 6.07) is 5.79. The van der Waals surface area contributed by atoms with Crippen LogP contribution in [0.2, 0.25) is 0 Å². The van der Waals surface area contributed by atoms with Gasteiger partial charge in [-0.2, -0.15) is 5.10 Å². The average molecular weight is 317 g/mol. The van der Waals surface area contributed by atoms with Crippen LogP contribution >= 0.6 is 0 Å². The molecule has 0 unspecified atom stereocenters. The Bertz CT molecular complexity index is 715. The lowest BCUT2D eigenvalue weighted by atomic mass is 9.99. The van der Waals surface area contributed by atoms with Crippen LogP contribution in [0.4, 0.5) is 5.69 Å². The maximum absolute atomic E-state index is 12.7. The van der Waals surface area contributed by atoms with E-state index in [1.54, 1.807) is 31.2 Å². The highest BCUT2D eigenvalue weighted by Gasteiger charge is 2.56. The molecule has 2 amide bonds. The zero-order chi connectivity index (χ0) is 16.6. The molecule has 23 heavy (non-hydrogen) atoms. The maximum atomic E-state index is 12.7. The number of methoxy groups -OCH3 is 1. The molecule has 0 aliphatic carbocycles. The van der Waals surface area contributed by atoms with Crippen molar-refractivity contribution in [1.29, 1.82) is 0 Å². The molecular formula is C15H15N3O5. The third kappa shape index (κ3) is 2.23. The van der Waals surface area contributed by atoms with Gasteiger partial charge >= 0.3 is 5.97 Å². The number of esters is 1. The number of hydrazone groups is 1. The van der Waals surface area contributed by atoms with Crippen molar-refractivity contribution in [2.24, 2.45) is 11.0 Å². The maximum Gasteiger partial charge on any atom is 0.355 e. The Balaban J connectivity index is 1.96. The predicted molar refractivity (Wildman–Crippen MR) is 80.0 cm³/mol. The van der Waals surface area contributed by atoms with E-state index >= 15 is 0 Å². The van der Waals surface area contributed by atoms with Gasteiger partial charge in [0.15, 0.2) is 5.71 Å². The van der Waals surface area contributed by atoms with Crippen molar-refractivity contribution in [3.63, 3.8) is 0 Å². The number of hydrogen-bond donors (Lipinski definition) is 1. The van der Waals surface area contributed by atoms with E-state index in [-0.39, 0.29) is 12.3 Å². The number of fused-ring (bicyclic) bond motifs is 1. The lowest BCUT2D eigenvalue weighted by Gasteiger charge is -2.18. The van der Waals surface area contributed by atoms with E-state index in [0.29, 0.717) is 11.4 Å². The summed E-state index contributed by atoms with van der Waals surface area (Å²) >= 11 is 0. The van der Waals surface area contributed by atoms with E-state index in [9.17, 15) is 14.4 Å². The summed E-state index contributed by atoms with van der Waals surface area (Å²) in [7, 11) is 1.45. The van der Waals surface area contributed by atoms with E-state index < -0.39 is 29.7 Å². The van der Waals surface area contributed by atoms with Crippen molar-refractivity contribution in [2.75, 3.05) is 18.6 Å². The van der Waals surface area contributed by atoms with Crippen LogP contribution in [0.3, 0.4) is 0 Å². The summed E-state index contributed by atoms with van der Waals surface area (Å²) in [5.41, 5.74) is 2.82. The minimum atomic E-state index is -0.980. The van der Waals surface area contributed by atoms with Gasteiger partial charge in [-0.15, -0.1) is 0 Å². The summed E-state index contributed by atoms with van der Waals surface area (Å²) in [6.07, 6.45) is 0. The van der Waals surface area contributed by atoms with Crippen molar-refractivity contribution < 1.29 is 23.9 Å². The normalized spacial score (nSPS) is 22.5. The van der Waals surface area contributed by atoms with Crippen LogP contribution in [-0.4, -0.2) is 43.3 Å². The second kappa shape index (κ2) is 5.71. The van der Waals surface area contributed by atoms with Gasteiger partial charge in [0, 0.05) is 0 Å². The second-order valence-electron chi connectivity index (χ2n) is 4.99. The minimum absolute atomic E-state index is 0.0763. The topological polar surface area (TPSA) is 97.3 Å². The first-order valence-corrected chi connectivity index (χ1v) is 7.11. The van der Waals surface area contributed by atoms with Gasteiger partial charge in [0.2, 0.25) is 5.91 Å². The molecule has 0 bridgehead atoms. The van der Waals surface area contributed by atoms with Gasteiger partial charge in [-0.05, 0) is 19.1 Å². The fourth-order valence-corrected chi connectivity index (χ4v) is 2.71. The fourth-order valence-electron chi connectivity index (χ4n) is 2.71. The monoisotopic (exact) mass is 317 g/mol. The number of benzene rings is 1. The SMILES string of the molecule is CCOC(=O)C1=NN[C@@H]2C(=O)N(c3ccccc3OC)C(=O)[C@@H]12. The Hall–Kier alpha value is -2.90. The van der Waals surface area contributed by atoms with E-state index in [4.69, 9.17) is 9.47 Å². The molecule has 120 valence electrons. The standard InChI is InChI=1S/C15H15N3O5/c1-3-23-15(21)12-10-11(16-17-12)14(20)18(13(10)19)8-6-4-5-7-9(8)22-2/h4-7,10-11,16H,3H2,1-2H3/t10-,11+/m1/s1. The van der Waals surface area contributed by atoms with Crippen LogP contribution in [0, 0.1) is 5.92 Å². The summed E-state index contributed by atoms with van der Waals surface area (Å²) in [5.74, 6) is -2.29. The molecule has 1 saturated heterocycles. The highest BCUT2D eigenvalue weighted by Crippen LogP contribution is 2.35. The van der Waals surface area contributed by atoms with E-state index in [1.165, 1.54) is 7.11 Å². The van der Waals surface area contributed by atoms with E-state index in [2.05, 4.69) is 10.5 Å². The number of nitrogens with zero attached hydrogens (tertiary/aromatic N) is 2. The number of hydrogen-bond acceptors (Lipinski definition) is 7. The molecule has 0 aromatic heterocycles. The van der Waals surface area contributed by atoms with Crippen molar-refractivity contribution >= 4 is 29.2 Å². The Labute approximate surface area is 132 Å². The molecule has 2 heterocycles. The number of amides is 2. The highest BCUT2D eigenvalue weighted by molar-refractivity contribution is 6.46. The molecule has 2 atom stereocenters. The number of para-hydroxylation sites is 2. The van der Waals surface area contributed by atoms with Crippen LogP contribution in [0.1, 0.15) is 6.92 Å². The summed E-state index contributed by atoms with van der Waals surface area (Å²) in [6.45, 7) is 1.81. The number of ether oxygens (including phenoxy) is 2. The van der Waals surface area contributed by atoms with Crippen LogP contribution in [0.25, 0.3) is 0 Å². The van der Waals surface area contributed by atoms with Crippen LogP contribution in [0.5, 0.6) is 5.75 Å². The number of carbonyl (C=O) groups excluding carboxylic acids is 3. The molecule has 1 N–H and O–H groups in total. The summed E-state index contributed by atoms with van der Waals surface area (Å²) < 4.78 is 10.1. The molecule has 0 saturated carbocycles. The number of rotatable bonds is 4. The Morgan fingerprint density at radius 2 is 2.04 bits per heavy atom. The van der Waals surface area contributed by atoms with Crippen LogP contribution in [0.15, 0.2) is 29.4 Å². The molecule has 1 aromatic carbocycles. The van der Waals surface area contributed by atoms with Gasteiger partial charge in [0.25, 0.3) is 5.91 Å². The fraction of sp³-hybridized carbons (Fsp3) is 0.333. The Kier molecular flexibility index (Phi) is 3.73. The minimum Gasteiger partial charge on any atom is -0.495 e. The molecule has 2 aliphatic rings. The molecule has 8 heteroatoms. The van der Waals surface area contributed by atoms with E-state index in [0.717, 1.165) is 4.90 Å². The number of anilines is 1.